The predicted molar refractivity (Wildman–Crippen MR) is 76.7 cm³/mol. The van der Waals surface area contributed by atoms with Gasteiger partial charge in [0.1, 0.15) is 0 Å². The maximum absolute atomic E-state index is 12.1. The first-order chi connectivity index (χ1) is 9.79. The van der Waals surface area contributed by atoms with Crippen molar-refractivity contribution in [2.24, 2.45) is 0 Å². The number of alkyl halides is 2. The fourth-order valence-corrected chi connectivity index (χ4v) is 2.37. The molecule has 1 aromatic rings. The summed E-state index contributed by atoms with van der Waals surface area (Å²) < 4.78 is 28.4. The van der Waals surface area contributed by atoms with Crippen LogP contribution in [0.3, 0.4) is 0 Å². The van der Waals surface area contributed by atoms with E-state index in [0.29, 0.717) is 0 Å². The average molecular weight is 360 g/mol. The number of aliphatic carboxylic acids is 1. The number of anilines is 1. The van der Waals surface area contributed by atoms with Crippen LogP contribution >= 0.6 is 35.0 Å². The van der Waals surface area contributed by atoms with E-state index in [1.54, 1.807) is 0 Å². The molecule has 21 heavy (non-hydrogen) atoms. The van der Waals surface area contributed by atoms with Gasteiger partial charge >= 0.3 is 12.6 Å². The number of rotatable bonds is 7. The Labute approximate surface area is 132 Å². The summed E-state index contributed by atoms with van der Waals surface area (Å²) in [5.74, 6) is -2.19. The zero-order chi connectivity index (χ0) is 16.0. The first kappa shape index (κ1) is 17.8. The molecule has 1 aromatic carbocycles. The van der Waals surface area contributed by atoms with E-state index < -0.39 is 18.5 Å². The molecule has 0 bridgehead atoms. The van der Waals surface area contributed by atoms with Gasteiger partial charge in [0.25, 0.3) is 0 Å². The van der Waals surface area contributed by atoms with Crippen molar-refractivity contribution in [1.29, 1.82) is 0 Å². The maximum atomic E-state index is 12.1. The highest BCUT2D eigenvalue weighted by Gasteiger charge is 2.15. The summed E-state index contributed by atoms with van der Waals surface area (Å²) in [4.78, 5) is 21.8. The number of hydrogen-bond donors (Lipinski definition) is 2. The molecule has 5 nitrogen and oxygen atoms in total. The van der Waals surface area contributed by atoms with Gasteiger partial charge in [0.05, 0.1) is 21.6 Å². The lowest BCUT2D eigenvalue weighted by molar-refractivity contribution is -0.133. The van der Waals surface area contributed by atoms with Crippen molar-refractivity contribution < 1.29 is 28.2 Å². The average Bonchev–Trinajstić information content (AvgIpc) is 2.33. The van der Waals surface area contributed by atoms with E-state index >= 15 is 0 Å². The number of thioether (sulfide) groups is 1. The van der Waals surface area contributed by atoms with Gasteiger partial charge in [-0.1, -0.05) is 23.2 Å². The molecular formula is C11H9Cl2F2NO4S. The second-order valence-corrected chi connectivity index (χ2v) is 5.38. The smallest absolute Gasteiger partial charge is 0.387 e. The Morgan fingerprint density at radius 2 is 1.86 bits per heavy atom. The zero-order valence-corrected chi connectivity index (χ0v) is 12.6. The number of carboxylic acids is 1. The first-order valence-corrected chi connectivity index (χ1v) is 7.24. The van der Waals surface area contributed by atoms with Gasteiger partial charge < -0.3 is 15.2 Å². The van der Waals surface area contributed by atoms with E-state index in [1.165, 1.54) is 12.1 Å². The van der Waals surface area contributed by atoms with E-state index in [9.17, 15) is 18.4 Å². The minimum absolute atomic E-state index is 0.0865. The Kier molecular flexibility index (Phi) is 7.00. The number of carboxylic acid groups (broad SMARTS) is 1. The standard InChI is InChI=1S/C11H9Cl2F2NO4S/c12-6-1-5(2-7(13)10(6)20-11(14)15)16-8(17)3-21-4-9(18)19/h1-2,11H,3-4H2,(H,16,17)(H,18,19). The summed E-state index contributed by atoms with van der Waals surface area (Å²) in [6.45, 7) is -3.08. The van der Waals surface area contributed by atoms with E-state index in [-0.39, 0.29) is 33.0 Å². The Bertz CT molecular complexity index is 522. The van der Waals surface area contributed by atoms with Gasteiger partial charge in [-0.3, -0.25) is 9.59 Å². The molecule has 2 N–H and O–H groups in total. The lowest BCUT2D eigenvalue weighted by Crippen LogP contribution is -2.15. The summed E-state index contributed by atoms with van der Waals surface area (Å²) in [7, 11) is 0. The monoisotopic (exact) mass is 359 g/mol. The Balaban J connectivity index is 2.68. The second-order valence-electron chi connectivity index (χ2n) is 3.58. The highest BCUT2D eigenvalue weighted by molar-refractivity contribution is 8.00. The Morgan fingerprint density at radius 3 is 2.33 bits per heavy atom. The normalized spacial score (nSPS) is 10.5. The van der Waals surface area contributed by atoms with Crippen LogP contribution in [0.25, 0.3) is 0 Å². The lowest BCUT2D eigenvalue weighted by atomic mass is 10.3. The second kappa shape index (κ2) is 8.26. The van der Waals surface area contributed by atoms with Crippen molar-refractivity contribution in [2.45, 2.75) is 6.61 Å². The van der Waals surface area contributed by atoms with Crippen LogP contribution in [0.4, 0.5) is 14.5 Å². The van der Waals surface area contributed by atoms with E-state index in [2.05, 4.69) is 10.1 Å². The van der Waals surface area contributed by atoms with Crippen LogP contribution in [0, 0.1) is 0 Å². The molecule has 0 unspecified atom stereocenters. The molecule has 0 atom stereocenters. The molecule has 0 spiro atoms. The van der Waals surface area contributed by atoms with Crippen LogP contribution in [-0.4, -0.2) is 35.1 Å². The van der Waals surface area contributed by atoms with Crippen LogP contribution in [-0.2, 0) is 9.59 Å². The molecule has 0 saturated heterocycles. The molecule has 116 valence electrons. The number of carbonyl (C=O) groups excluding carboxylic acids is 1. The van der Waals surface area contributed by atoms with Crippen LogP contribution in [0.15, 0.2) is 12.1 Å². The Hall–Kier alpha value is -1.25. The molecule has 0 aromatic heterocycles. The number of halogens is 4. The van der Waals surface area contributed by atoms with Crippen molar-refractivity contribution in [3.05, 3.63) is 22.2 Å². The number of carbonyl (C=O) groups is 2. The third-order valence-corrected chi connectivity index (χ3v) is 3.43. The van der Waals surface area contributed by atoms with Crippen molar-refractivity contribution in [1.82, 2.24) is 0 Å². The molecule has 0 heterocycles. The topological polar surface area (TPSA) is 75.6 Å². The van der Waals surface area contributed by atoms with Gasteiger partial charge in [-0.25, -0.2) is 0 Å². The molecule has 0 radical (unpaired) electrons. The van der Waals surface area contributed by atoms with Crippen molar-refractivity contribution in [3.8, 4) is 5.75 Å². The van der Waals surface area contributed by atoms with Gasteiger partial charge in [0.15, 0.2) is 5.75 Å². The molecule has 0 aliphatic carbocycles. The van der Waals surface area contributed by atoms with Gasteiger partial charge in [-0.2, -0.15) is 8.78 Å². The largest absolute Gasteiger partial charge is 0.481 e. The molecule has 0 aliphatic rings. The van der Waals surface area contributed by atoms with Crippen molar-refractivity contribution in [2.75, 3.05) is 16.8 Å². The lowest BCUT2D eigenvalue weighted by Gasteiger charge is -2.11. The fraction of sp³-hybridized carbons (Fsp3) is 0.273. The Morgan fingerprint density at radius 1 is 1.29 bits per heavy atom. The third kappa shape index (κ3) is 6.36. The van der Waals surface area contributed by atoms with Crippen molar-refractivity contribution in [3.63, 3.8) is 0 Å². The number of nitrogens with one attached hydrogen (secondary N) is 1. The van der Waals surface area contributed by atoms with E-state index in [4.69, 9.17) is 28.3 Å². The maximum Gasteiger partial charge on any atom is 0.387 e. The summed E-state index contributed by atoms with van der Waals surface area (Å²) in [5.41, 5.74) is 0.188. The molecule has 0 aliphatic heterocycles. The van der Waals surface area contributed by atoms with Crippen LogP contribution in [0.2, 0.25) is 10.0 Å². The molecule has 1 rings (SSSR count). The number of benzene rings is 1. The van der Waals surface area contributed by atoms with Crippen LogP contribution in [0.5, 0.6) is 5.75 Å². The minimum Gasteiger partial charge on any atom is -0.481 e. The number of ether oxygens (including phenoxy) is 1. The van der Waals surface area contributed by atoms with Gasteiger partial charge in [0, 0.05) is 5.69 Å². The van der Waals surface area contributed by atoms with E-state index in [1.807, 2.05) is 0 Å². The predicted octanol–water partition coefficient (Wildman–Crippen LogP) is 3.35. The summed E-state index contributed by atoms with van der Waals surface area (Å²) in [6, 6.07) is 2.40. The van der Waals surface area contributed by atoms with E-state index in [0.717, 1.165) is 11.8 Å². The molecule has 0 fully saturated rings. The van der Waals surface area contributed by atoms with Crippen molar-refractivity contribution >= 4 is 52.5 Å². The summed E-state index contributed by atoms with van der Waals surface area (Å²) >= 11 is 12.4. The highest BCUT2D eigenvalue weighted by atomic mass is 35.5. The minimum atomic E-state index is -3.08. The van der Waals surface area contributed by atoms with Gasteiger partial charge in [-0.05, 0) is 12.1 Å². The zero-order valence-electron chi connectivity index (χ0n) is 10.2. The first-order valence-electron chi connectivity index (χ1n) is 5.33. The quantitative estimate of drug-likeness (QED) is 0.780. The van der Waals surface area contributed by atoms with Crippen LogP contribution < -0.4 is 10.1 Å². The summed E-state index contributed by atoms with van der Waals surface area (Å²) in [6.07, 6.45) is 0. The fourth-order valence-electron chi connectivity index (χ4n) is 1.26. The SMILES string of the molecule is O=C(O)CSCC(=O)Nc1cc(Cl)c(OC(F)F)c(Cl)c1. The third-order valence-electron chi connectivity index (χ3n) is 1.95. The van der Waals surface area contributed by atoms with Gasteiger partial charge in [-0.15, -0.1) is 11.8 Å². The van der Waals surface area contributed by atoms with Gasteiger partial charge in [0.2, 0.25) is 5.91 Å². The summed E-state index contributed by atoms with van der Waals surface area (Å²) in [5, 5.41) is 10.5. The highest BCUT2D eigenvalue weighted by Crippen LogP contribution is 2.36. The molecule has 0 saturated carbocycles. The molecule has 1 amide bonds. The molecule has 10 heteroatoms. The number of amides is 1. The number of hydrogen-bond acceptors (Lipinski definition) is 4. The van der Waals surface area contributed by atoms with Crippen LogP contribution in [0.1, 0.15) is 0 Å². The molecular weight excluding hydrogens is 351 g/mol.